The van der Waals surface area contributed by atoms with Gasteiger partial charge in [0.15, 0.2) is 0 Å². The Labute approximate surface area is 112 Å². The monoisotopic (exact) mass is 268 g/mol. The summed E-state index contributed by atoms with van der Waals surface area (Å²) >= 11 is 0. The molecule has 5 nitrogen and oxygen atoms in total. The lowest BCUT2D eigenvalue weighted by atomic mass is 10.1. The van der Waals surface area contributed by atoms with Gasteiger partial charge in [-0.1, -0.05) is 13.0 Å². The topological polar surface area (TPSA) is 76.1 Å². The van der Waals surface area contributed by atoms with Gasteiger partial charge in [0.25, 0.3) is 0 Å². The molecule has 0 aromatic rings. The van der Waals surface area contributed by atoms with Gasteiger partial charge in [-0.3, -0.25) is 0 Å². The summed E-state index contributed by atoms with van der Waals surface area (Å²) in [5.41, 5.74) is 0.123. The van der Waals surface area contributed by atoms with Crippen molar-refractivity contribution >= 4 is 11.9 Å². The first-order chi connectivity index (χ1) is 9.00. The van der Waals surface area contributed by atoms with Crippen molar-refractivity contribution < 1.29 is 24.2 Å². The first-order valence-corrected chi connectivity index (χ1v) is 6.40. The molecule has 0 bridgehead atoms. The number of carboxylic acids is 1. The van der Waals surface area contributed by atoms with Crippen LogP contribution in [0.15, 0.2) is 23.8 Å². The van der Waals surface area contributed by atoms with Gasteiger partial charge in [0, 0.05) is 5.57 Å². The van der Waals surface area contributed by atoms with Crippen molar-refractivity contribution in [1.29, 1.82) is 0 Å². The number of aliphatic carboxylic acids is 1. The number of rotatable bonds is 9. The third-order valence-corrected chi connectivity index (χ3v) is 2.79. The van der Waals surface area contributed by atoms with Crippen molar-refractivity contribution in [2.75, 3.05) is 13.2 Å². The SMILES string of the molecule is C=C(/C=C(\C)C(=O)OCCCCCC1CO1)C(=O)O. The number of carbonyl (C=O) groups excluding carboxylic acids is 1. The van der Waals surface area contributed by atoms with Crippen molar-refractivity contribution in [1.82, 2.24) is 0 Å². The molecular weight excluding hydrogens is 248 g/mol. The smallest absolute Gasteiger partial charge is 0.335 e. The second-order valence-corrected chi connectivity index (χ2v) is 4.60. The molecule has 1 N–H and O–H groups in total. The standard InChI is InChI=1S/C14H20O5/c1-10(13(15)16)8-11(2)14(17)18-7-5-3-4-6-12-9-19-12/h8,12H,1,3-7,9H2,2H3,(H,15,16)/b11-8+. The first-order valence-electron chi connectivity index (χ1n) is 6.40. The lowest BCUT2D eigenvalue weighted by Gasteiger charge is -2.05. The predicted octanol–water partition coefficient (Wildman–Crippen LogP) is 2.08. The van der Waals surface area contributed by atoms with Gasteiger partial charge < -0.3 is 14.6 Å². The Kier molecular flexibility index (Phi) is 6.29. The average Bonchev–Trinajstić information content (AvgIpc) is 3.16. The van der Waals surface area contributed by atoms with Gasteiger partial charge in [-0.25, -0.2) is 9.59 Å². The molecule has 0 aromatic carbocycles. The van der Waals surface area contributed by atoms with E-state index < -0.39 is 11.9 Å². The van der Waals surface area contributed by atoms with E-state index >= 15 is 0 Å². The Bertz CT molecular complexity index is 379. The molecule has 0 amide bonds. The number of unbranched alkanes of at least 4 members (excludes halogenated alkanes) is 2. The fourth-order valence-corrected chi connectivity index (χ4v) is 1.55. The van der Waals surface area contributed by atoms with Gasteiger partial charge in [-0.15, -0.1) is 0 Å². The van der Waals surface area contributed by atoms with Crippen molar-refractivity contribution in [2.45, 2.75) is 38.7 Å². The zero-order chi connectivity index (χ0) is 14.3. The first kappa shape index (κ1) is 15.4. The van der Waals surface area contributed by atoms with Gasteiger partial charge in [0.05, 0.1) is 24.9 Å². The van der Waals surface area contributed by atoms with Crippen LogP contribution in [0.1, 0.15) is 32.6 Å². The molecule has 1 atom stereocenters. The van der Waals surface area contributed by atoms with Crippen molar-refractivity contribution in [3.05, 3.63) is 23.8 Å². The van der Waals surface area contributed by atoms with Crippen molar-refractivity contribution in [3.63, 3.8) is 0 Å². The van der Waals surface area contributed by atoms with E-state index in [1.54, 1.807) is 0 Å². The molecule has 1 fully saturated rings. The predicted molar refractivity (Wildman–Crippen MR) is 69.7 cm³/mol. The normalized spacial score (nSPS) is 17.9. The van der Waals surface area contributed by atoms with Crippen LogP contribution in [-0.4, -0.2) is 36.4 Å². The maximum absolute atomic E-state index is 11.5. The molecule has 0 spiro atoms. The highest BCUT2D eigenvalue weighted by molar-refractivity contribution is 5.94. The van der Waals surface area contributed by atoms with Crippen molar-refractivity contribution in [3.8, 4) is 0 Å². The Morgan fingerprint density at radius 1 is 1.42 bits per heavy atom. The van der Waals surface area contributed by atoms with Crippen LogP contribution in [-0.2, 0) is 19.1 Å². The van der Waals surface area contributed by atoms with E-state index in [1.807, 2.05) is 0 Å². The molecule has 1 aliphatic rings. The number of hydrogen-bond donors (Lipinski definition) is 1. The second-order valence-electron chi connectivity index (χ2n) is 4.60. The second kappa shape index (κ2) is 7.74. The van der Waals surface area contributed by atoms with E-state index in [0.717, 1.165) is 32.3 Å². The summed E-state index contributed by atoms with van der Waals surface area (Å²) in [5.74, 6) is -1.64. The summed E-state index contributed by atoms with van der Waals surface area (Å²) in [5, 5.41) is 8.63. The summed E-state index contributed by atoms with van der Waals surface area (Å²) in [6.07, 6.45) is 5.63. The maximum Gasteiger partial charge on any atom is 0.335 e. The van der Waals surface area contributed by atoms with E-state index in [-0.39, 0.29) is 11.1 Å². The third-order valence-electron chi connectivity index (χ3n) is 2.79. The largest absolute Gasteiger partial charge is 0.478 e. The Balaban J connectivity index is 2.11. The lowest BCUT2D eigenvalue weighted by Crippen LogP contribution is -2.08. The van der Waals surface area contributed by atoms with Crippen molar-refractivity contribution in [2.24, 2.45) is 0 Å². The number of carbonyl (C=O) groups is 2. The summed E-state index contributed by atoms with van der Waals surface area (Å²) in [6, 6.07) is 0. The highest BCUT2D eigenvalue weighted by atomic mass is 16.6. The van der Waals surface area contributed by atoms with Crippen LogP contribution >= 0.6 is 0 Å². The molecule has 106 valence electrons. The number of epoxide rings is 1. The molecule has 1 rings (SSSR count). The summed E-state index contributed by atoms with van der Waals surface area (Å²) in [7, 11) is 0. The molecule has 19 heavy (non-hydrogen) atoms. The van der Waals surface area contributed by atoms with Gasteiger partial charge in [-0.2, -0.15) is 0 Å². The fraction of sp³-hybridized carbons (Fsp3) is 0.571. The molecule has 1 saturated heterocycles. The van der Waals surface area contributed by atoms with E-state index in [9.17, 15) is 9.59 Å². The van der Waals surface area contributed by atoms with E-state index in [1.165, 1.54) is 13.0 Å². The average molecular weight is 268 g/mol. The van der Waals surface area contributed by atoms with Gasteiger partial charge in [-0.05, 0) is 32.3 Å². The number of carboxylic acid groups (broad SMARTS) is 1. The minimum Gasteiger partial charge on any atom is -0.478 e. The third kappa shape index (κ3) is 6.76. The molecule has 1 aliphatic heterocycles. The molecule has 1 heterocycles. The Morgan fingerprint density at radius 3 is 2.68 bits per heavy atom. The molecule has 5 heteroatoms. The molecule has 0 saturated carbocycles. The van der Waals surface area contributed by atoms with Gasteiger partial charge >= 0.3 is 11.9 Å². The van der Waals surface area contributed by atoms with Crippen LogP contribution in [0.5, 0.6) is 0 Å². The molecule has 0 aromatic heterocycles. The van der Waals surface area contributed by atoms with Crippen LogP contribution in [0.25, 0.3) is 0 Å². The van der Waals surface area contributed by atoms with Crippen LogP contribution < -0.4 is 0 Å². The molecular formula is C14H20O5. The van der Waals surface area contributed by atoms with E-state index in [0.29, 0.717) is 12.7 Å². The molecule has 0 aliphatic carbocycles. The van der Waals surface area contributed by atoms with Gasteiger partial charge in [0.2, 0.25) is 0 Å². The fourth-order valence-electron chi connectivity index (χ4n) is 1.55. The van der Waals surface area contributed by atoms with Gasteiger partial charge in [0.1, 0.15) is 0 Å². The number of ether oxygens (including phenoxy) is 2. The van der Waals surface area contributed by atoms with Crippen LogP contribution in [0.3, 0.4) is 0 Å². The highest BCUT2D eigenvalue weighted by Crippen LogP contribution is 2.17. The Morgan fingerprint density at radius 2 is 2.11 bits per heavy atom. The van der Waals surface area contributed by atoms with E-state index in [2.05, 4.69) is 6.58 Å². The quantitative estimate of drug-likeness (QED) is 0.228. The van der Waals surface area contributed by atoms with Crippen LogP contribution in [0, 0.1) is 0 Å². The minimum atomic E-state index is -1.14. The number of esters is 1. The summed E-state index contributed by atoms with van der Waals surface area (Å²) < 4.78 is 10.1. The van der Waals surface area contributed by atoms with Crippen LogP contribution in [0.2, 0.25) is 0 Å². The molecule has 1 unspecified atom stereocenters. The lowest BCUT2D eigenvalue weighted by molar-refractivity contribution is -0.139. The summed E-state index contributed by atoms with van der Waals surface area (Å²) in [4.78, 5) is 22.1. The highest BCUT2D eigenvalue weighted by Gasteiger charge is 2.20. The molecule has 0 radical (unpaired) electrons. The number of hydrogen-bond acceptors (Lipinski definition) is 4. The Hall–Kier alpha value is -1.62. The maximum atomic E-state index is 11.5. The van der Waals surface area contributed by atoms with Crippen LogP contribution in [0.4, 0.5) is 0 Å². The summed E-state index contributed by atoms with van der Waals surface area (Å²) in [6.45, 7) is 6.08. The zero-order valence-corrected chi connectivity index (χ0v) is 11.2. The van der Waals surface area contributed by atoms with E-state index in [4.69, 9.17) is 14.6 Å². The zero-order valence-electron chi connectivity index (χ0n) is 11.2. The minimum absolute atomic E-state index is 0.126.